The normalized spacial score (nSPS) is 15.4. The zero-order valence-electron chi connectivity index (χ0n) is 14.5. The van der Waals surface area contributed by atoms with Gasteiger partial charge < -0.3 is 29.9 Å². The molecule has 1 aromatic rings. The molecule has 1 aromatic carbocycles. The van der Waals surface area contributed by atoms with Crippen LogP contribution in [0.3, 0.4) is 0 Å². The maximum absolute atomic E-state index is 12.7. The Labute approximate surface area is 156 Å². The average Bonchev–Trinajstić information content (AvgIpc) is 2.63. The number of carboxylic acid groups (broad SMARTS) is 1. The lowest BCUT2D eigenvalue weighted by Gasteiger charge is -2.13. The number of carbonyl (C=O) groups is 1. The highest BCUT2D eigenvalue weighted by Crippen LogP contribution is 2.11. The quantitative estimate of drug-likeness (QED) is 0.399. The predicted molar refractivity (Wildman–Crippen MR) is 95.8 cm³/mol. The third-order valence-electron chi connectivity index (χ3n) is 3.12. The number of rotatable bonds is 12. The van der Waals surface area contributed by atoms with E-state index in [1.165, 1.54) is 42.5 Å². The highest BCUT2D eigenvalue weighted by atomic mass is 19.1. The van der Waals surface area contributed by atoms with Crippen molar-refractivity contribution in [2.45, 2.75) is 18.3 Å². The van der Waals surface area contributed by atoms with Crippen molar-refractivity contribution < 1.29 is 39.1 Å². The second kappa shape index (κ2) is 12.8. The molecule has 0 spiro atoms. The van der Waals surface area contributed by atoms with Crippen LogP contribution in [0.5, 0.6) is 5.75 Å². The summed E-state index contributed by atoms with van der Waals surface area (Å²) in [5.74, 6) is -1.08. The molecule has 0 aromatic heterocycles. The van der Waals surface area contributed by atoms with E-state index < -0.39 is 30.9 Å². The predicted octanol–water partition coefficient (Wildman–Crippen LogP) is 1.06. The number of carboxylic acids is 1. The minimum absolute atomic E-state index is 0.00700. The first-order valence-electron chi connectivity index (χ1n) is 8.12. The summed E-state index contributed by atoms with van der Waals surface area (Å²) < 4.78 is 22.7. The van der Waals surface area contributed by atoms with Gasteiger partial charge in [-0.25, -0.2) is 9.18 Å². The summed E-state index contributed by atoms with van der Waals surface area (Å²) in [6.07, 6.45) is 5.71. The lowest BCUT2D eigenvalue weighted by Crippen LogP contribution is -2.29. The highest BCUT2D eigenvalue weighted by molar-refractivity contribution is 5.67. The van der Waals surface area contributed by atoms with Crippen molar-refractivity contribution in [1.29, 1.82) is 0 Å². The van der Waals surface area contributed by atoms with Crippen LogP contribution in [0.25, 0.3) is 0 Å². The summed E-state index contributed by atoms with van der Waals surface area (Å²) >= 11 is 0. The zero-order valence-corrected chi connectivity index (χ0v) is 14.5. The fourth-order valence-corrected chi connectivity index (χ4v) is 1.76. The number of aliphatic hydroxyl groups excluding tert-OH is 3. The van der Waals surface area contributed by atoms with E-state index in [1.807, 2.05) is 0 Å². The summed E-state index contributed by atoms with van der Waals surface area (Å²) in [6.45, 7) is -0.847. The molecule has 1 rings (SSSR count). The van der Waals surface area contributed by atoms with Gasteiger partial charge in [-0.3, -0.25) is 0 Å². The molecule has 148 valence electrons. The van der Waals surface area contributed by atoms with Crippen molar-refractivity contribution in [3.63, 3.8) is 0 Å². The molecule has 27 heavy (non-hydrogen) atoms. The second-order valence-electron chi connectivity index (χ2n) is 5.45. The topological polar surface area (TPSA) is 116 Å². The summed E-state index contributed by atoms with van der Waals surface area (Å²) in [5.41, 5.74) is 0. The lowest BCUT2D eigenvalue weighted by atomic mass is 10.2. The van der Waals surface area contributed by atoms with Crippen molar-refractivity contribution >= 4 is 5.97 Å². The number of hydrogen-bond donors (Lipinski definition) is 4. The van der Waals surface area contributed by atoms with Crippen molar-refractivity contribution in [3.8, 4) is 5.75 Å². The molecule has 4 N–H and O–H groups in total. The fraction of sp³-hybridized carbons (Fsp3) is 0.316. The van der Waals surface area contributed by atoms with Gasteiger partial charge in [0, 0.05) is 0 Å². The molecule has 0 saturated carbocycles. The maximum atomic E-state index is 12.7. The van der Waals surface area contributed by atoms with Crippen LogP contribution in [0.2, 0.25) is 0 Å². The Morgan fingerprint density at radius 3 is 2.26 bits per heavy atom. The highest BCUT2D eigenvalue weighted by Gasteiger charge is 2.13. The Morgan fingerprint density at radius 1 is 1.00 bits per heavy atom. The lowest BCUT2D eigenvalue weighted by molar-refractivity contribution is -0.143. The van der Waals surface area contributed by atoms with Gasteiger partial charge >= 0.3 is 5.97 Å². The number of halogens is 1. The largest absolute Gasteiger partial charge is 0.491 e. The first kappa shape index (κ1) is 22.5. The number of ether oxygens (including phenoxy) is 2. The summed E-state index contributed by atoms with van der Waals surface area (Å²) in [4.78, 5) is 10.3. The minimum atomic E-state index is -1.24. The molecule has 0 radical (unpaired) electrons. The molecule has 0 aliphatic rings. The van der Waals surface area contributed by atoms with Gasteiger partial charge in [-0.15, -0.1) is 0 Å². The van der Waals surface area contributed by atoms with Crippen LogP contribution in [-0.4, -0.2) is 64.5 Å². The molecule has 0 heterocycles. The van der Waals surface area contributed by atoms with Gasteiger partial charge in [0.05, 0.1) is 6.61 Å². The van der Waals surface area contributed by atoms with E-state index in [4.69, 9.17) is 9.84 Å². The average molecular weight is 382 g/mol. The molecule has 7 nitrogen and oxygen atoms in total. The molecule has 3 unspecified atom stereocenters. The van der Waals surface area contributed by atoms with Crippen molar-refractivity contribution in [1.82, 2.24) is 0 Å². The molecular weight excluding hydrogens is 359 g/mol. The van der Waals surface area contributed by atoms with E-state index in [0.717, 1.165) is 0 Å². The number of aliphatic hydroxyl groups is 3. The first-order chi connectivity index (χ1) is 12.9. The van der Waals surface area contributed by atoms with Crippen LogP contribution in [0, 0.1) is 5.82 Å². The Balaban J connectivity index is 2.26. The van der Waals surface area contributed by atoms with Gasteiger partial charge in [0.15, 0.2) is 0 Å². The zero-order chi connectivity index (χ0) is 20.1. The Morgan fingerprint density at radius 2 is 1.63 bits per heavy atom. The number of allylic oxidation sites excluding steroid dienone is 4. The third kappa shape index (κ3) is 10.9. The Bertz CT molecular complexity index is 640. The molecular formula is C19H23FO7. The van der Waals surface area contributed by atoms with Gasteiger partial charge in [0.2, 0.25) is 0 Å². The van der Waals surface area contributed by atoms with Crippen LogP contribution in [-0.2, 0) is 9.53 Å². The van der Waals surface area contributed by atoms with Gasteiger partial charge in [-0.2, -0.15) is 0 Å². The van der Waals surface area contributed by atoms with Crippen molar-refractivity contribution in [3.05, 3.63) is 66.5 Å². The van der Waals surface area contributed by atoms with Crippen LogP contribution >= 0.6 is 0 Å². The van der Waals surface area contributed by atoms with E-state index in [2.05, 4.69) is 4.74 Å². The van der Waals surface area contributed by atoms with Gasteiger partial charge in [0.1, 0.15) is 43.1 Å². The molecule has 0 bridgehead atoms. The molecule has 0 fully saturated rings. The summed E-state index contributed by atoms with van der Waals surface area (Å²) in [6, 6.07) is 5.44. The molecule has 0 saturated heterocycles. The Kier molecular flexibility index (Phi) is 10.7. The standard InChI is InChI=1S/C19H23FO7/c20-14-7-9-16(10-8-14)27-11-15(21)5-3-1-2-4-6-17(22)18(23)12-26-13-19(24)25/h1-10,15,17-18,21-23H,11-13H2,(H,24,25)/b2-1+,5-3+,6-4+. The first-order valence-corrected chi connectivity index (χ1v) is 8.12. The number of benzene rings is 1. The number of hydrogen-bond acceptors (Lipinski definition) is 6. The smallest absolute Gasteiger partial charge is 0.329 e. The van der Waals surface area contributed by atoms with Crippen molar-refractivity contribution in [2.75, 3.05) is 19.8 Å². The van der Waals surface area contributed by atoms with E-state index >= 15 is 0 Å². The third-order valence-corrected chi connectivity index (χ3v) is 3.12. The SMILES string of the molecule is O=C(O)COCC(O)C(O)/C=C/C=C/C=C/C(O)COc1ccc(F)cc1. The van der Waals surface area contributed by atoms with E-state index in [-0.39, 0.29) is 19.0 Å². The van der Waals surface area contributed by atoms with Gasteiger partial charge in [-0.05, 0) is 24.3 Å². The van der Waals surface area contributed by atoms with Crippen molar-refractivity contribution in [2.24, 2.45) is 0 Å². The monoisotopic (exact) mass is 382 g/mol. The molecule has 8 heteroatoms. The van der Waals surface area contributed by atoms with Crippen LogP contribution < -0.4 is 4.74 Å². The number of aliphatic carboxylic acids is 1. The summed E-state index contributed by atoms with van der Waals surface area (Å²) in [5, 5.41) is 37.3. The van der Waals surface area contributed by atoms with Crippen LogP contribution in [0.15, 0.2) is 60.7 Å². The molecule has 0 aliphatic carbocycles. The molecule has 3 atom stereocenters. The van der Waals surface area contributed by atoms with Crippen LogP contribution in [0.1, 0.15) is 0 Å². The van der Waals surface area contributed by atoms with E-state index in [9.17, 15) is 24.5 Å². The molecule has 0 amide bonds. The summed E-state index contributed by atoms with van der Waals surface area (Å²) in [7, 11) is 0. The Hall–Kier alpha value is -2.52. The second-order valence-corrected chi connectivity index (χ2v) is 5.45. The van der Waals surface area contributed by atoms with Gasteiger partial charge in [0.25, 0.3) is 0 Å². The van der Waals surface area contributed by atoms with Gasteiger partial charge in [-0.1, -0.05) is 36.5 Å². The molecule has 0 aliphatic heterocycles. The fourth-order valence-electron chi connectivity index (χ4n) is 1.76. The van der Waals surface area contributed by atoms with E-state index in [0.29, 0.717) is 5.75 Å². The maximum Gasteiger partial charge on any atom is 0.329 e. The van der Waals surface area contributed by atoms with Crippen LogP contribution in [0.4, 0.5) is 4.39 Å². The van der Waals surface area contributed by atoms with E-state index in [1.54, 1.807) is 18.2 Å². The minimum Gasteiger partial charge on any atom is -0.491 e.